The number of ether oxygens (including phenoxy) is 1. The van der Waals surface area contributed by atoms with Gasteiger partial charge < -0.3 is 9.64 Å². The highest BCUT2D eigenvalue weighted by Gasteiger charge is 2.32. The lowest BCUT2D eigenvalue weighted by Crippen LogP contribution is -2.52. The van der Waals surface area contributed by atoms with E-state index in [2.05, 4.69) is 4.90 Å². The van der Waals surface area contributed by atoms with Crippen molar-refractivity contribution in [3.05, 3.63) is 57.0 Å². The Labute approximate surface area is 223 Å². The molecule has 0 unspecified atom stereocenters. The molecule has 0 aromatic heterocycles. The summed E-state index contributed by atoms with van der Waals surface area (Å²) in [4.78, 5) is 15.4. The average molecular weight is 583 g/mol. The first kappa shape index (κ1) is 27.2. The first-order valence-corrected chi connectivity index (χ1v) is 14.0. The first-order chi connectivity index (χ1) is 17.0. The van der Waals surface area contributed by atoms with Crippen LogP contribution in [0.4, 0.5) is 13.6 Å². The van der Waals surface area contributed by atoms with Gasteiger partial charge in [-0.2, -0.15) is 0 Å². The van der Waals surface area contributed by atoms with Crippen molar-refractivity contribution in [2.75, 3.05) is 26.2 Å². The van der Waals surface area contributed by atoms with Gasteiger partial charge in [-0.15, -0.1) is 0 Å². The van der Waals surface area contributed by atoms with E-state index in [1.807, 2.05) is 4.72 Å². The highest BCUT2D eigenvalue weighted by molar-refractivity contribution is 7.90. The summed E-state index contributed by atoms with van der Waals surface area (Å²) in [7, 11) is -4.56. The number of hydrogen-bond acceptors (Lipinski definition) is 5. The van der Waals surface area contributed by atoms with Crippen LogP contribution in [0.3, 0.4) is 0 Å². The zero-order valence-electron chi connectivity index (χ0n) is 19.0. The van der Waals surface area contributed by atoms with Crippen LogP contribution in [0.15, 0.2) is 35.2 Å². The van der Waals surface area contributed by atoms with Crippen LogP contribution in [-0.2, 0) is 10.0 Å². The number of carbonyl (C=O) groups excluding carboxylic acids is 1. The summed E-state index contributed by atoms with van der Waals surface area (Å²) in [5, 5.41) is 0.362. The number of amides is 2. The van der Waals surface area contributed by atoms with Crippen LogP contribution in [0.25, 0.3) is 0 Å². The van der Waals surface area contributed by atoms with E-state index in [-0.39, 0.29) is 12.1 Å². The number of hydrogen-bond donors (Lipinski definition) is 1. The molecule has 2 heterocycles. The molecule has 2 aromatic carbocycles. The smallest absolute Gasteiger partial charge is 0.331 e. The molecular formula is C23H24Cl3F2N3O4S. The minimum absolute atomic E-state index is 0.0647. The van der Waals surface area contributed by atoms with Crippen LogP contribution in [0, 0.1) is 11.6 Å². The minimum Gasteiger partial charge on any atom is -0.490 e. The summed E-state index contributed by atoms with van der Waals surface area (Å²) < 4.78 is 60.2. The Morgan fingerprint density at radius 3 is 2.19 bits per heavy atom. The number of nitrogens with zero attached hydrogens (tertiary/aromatic N) is 2. The average Bonchev–Trinajstić information content (AvgIpc) is 2.84. The lowest BCUT2D eigenvalue weighted by molar-refractivity contribution is 0.0540. The van der Waals surface area contributed by atoms with Gasteiger partial charge in [0.05, 0.1) is 15.1 Å². The van der Waals surface area contributed by atoms with Crippen LogP contribution in [0.2, 0.25) is 15.1 Å². The molecule has 2 fully saturated rings. The van der Waals surface area contributed by atoms with Gasteiger partial charge in [0.15, 0.2) is 0 Å². The number of likely N-dealkylation sites (tertiary alicyclic amines) is 2. The maximum Gasteiger partial charge on any atom is 0.331 e. The summed E-state index contributed by atoms with van der Waals surface area (Å²) in [5.74, 6) is -1.74. The molecule has 2 amide bonds. The summed E-state index contributed by atoms with van der Waals surface area (Å²) in [6.07, 6.45) is 3.08. The van der Waals surface area contributed by atoms with Crippen LogP contribution in [0.1, 0.15) is 25.7 Å². The number of piperidine rings is 2. The summed E-state index contributed by atoms with van der Waals surface area (Å²) in [6, 6.07) is 5.60. The number of benzene rings is 2. The van der Waals surface area contributed by atoms with Gasteiger partial charge in [0, 0.05) is 44.4 Å². The van der Waals surface area contributed by atoms with Gasteiger partial charge in [-0.05, 0) is 43.9 Å². The molecule has 1 N–H and O–H groups in total. The second-order valence-corrected chi connectivity index (χ2v) is 11.6. The summed E-state index contributed by atoms with van der Waals surface area (Å²) in [5.41, 5.74) is 0. The van der Waals surface area contributed by atoms with Gasteiger partial charge in [0.2, 0.25) is 0 Å². The number of halogens is 5. The maximum absolute atomic E-state index is 14.0. The fourth-order valence-electron chi connectivity index (χ4n) is 4.48. The SMILES string of the molecule is O=C(NS(=O)(=O)c1cc(Cl)c(F)cc1F)N1CCC(N2CCC(Oc3ccc(Cl)c(Cl)c3)CC2)CC1. The molecule has 7 nitrogen and oxygen atoms in total. The summed E-state index contributed by atoms with van der Waals surface area (Å²) in [6.45, 7) is 2.36. The van der Waals surface area contributed by atoms with Gasteiger partial charge in [-0.3, -0.25) is 4.90 Å². The topological polar surface area (TPSA) is 79.0 Å². The van der Waals surface area contributed by atoms with Crippen molar-refractivity contribution >= 4 is 50.9 Å². The number of sulfonamides is 1. The minimum atomic E-state index is -4.56. The first-order valence-electron chi connectivity index (χ1n) is 11.4. The molecule has 4 rings (SSSR count). The largest absolute Gasteiger partial charge is 0.490 e. The Balaban J connectivity index is 1.25. The van der Waals surface area contributed by atoms with E-state index < -0.39 is 37.6 Å². The zero-order chi connectivity index (χ0) is 26.0. The van der Waals surface area contributed by atoms with Crippen molar-refractivity contribution < 1.29 is 26.7 Å². The molecule has 0 bridgehead atoms. The van der Waals surface area contributed by atoms with Crippen molar-refractivity contribution in [1.29, 1.82) is 0 Å². The number of rotatable bonds is 5. The molecule has 36 heavy (non-hydrogen) atoms. The van der Waals surface area contributed by atoms with Crippen molar-refractivity contribution in [1.82, 2.24) is 14.5 Å². The second kappa shape index (κ2) is 11.3. The van der Waals surface area contributed by atoms with E-state index >= 15 is 0 Å². The highest BCUT2D eigenvalue weighted by atomic mass is 35.5. The monoisotopic (exact) mass is 581 g/mol. The van der Waals surface area contributed by atoms with Gasteiger partial charge in [0.1, 0.15) is 28.4 Å². The molecule has 2 aliphatic heterocycles. The van der Waals surface area contributed by atoms with E-state index in [1.54, 1.807) is 18.2 Å². The molecular weight excluding hydrogens is 559 g/mol. The molecule has 2 aromatic rings. The Morgan fingerprint density at radius 1 is 0.889 bits per heavy atom. The lowest BCUT2D eigenvalue weighted by atomic mass is 9.99. The van der Waals surface area contributed by atoms with E-state index in [1.165, 1.54) is 4.90 Å². The predicted molar refractivity (Wildman–Crippen MR) is 133 cm³/mol. The number of carbonyl (C=O) groups is 1. The quantitative estimate of drug-likeness (QED) is 0.482. The van der Waals surface area contributed by atoms with Gasteiger partial charge in [0.25, 0.3) is 10.0 Å². The van der Waals surface area contributed by atoms with Crippen molar-refractivity contribution in [2.45, 2.75) is 42.7 Å². The van der Waals surface area contributed by atoms with Gasteiger partial charge in [-0.25, -0.2) is 26.7 Å². The number of urea groups is 1. The molecule has 2 saturated heterocycles. The molecule has 0 saturated carbocycles. The molecule has 0 radical (unpaired) electrons. The third kappa shape index (κ3) is 6.34. The van der Waals surface area contributed by atoms with Crippen molar-refractivity contribution in [3.8, 4) is 5.75 Å². The predicted octanol–water partition coefficient (Wildman–Crippen LogP) is 5.33. The maximum atomic E-state index is 14.0. The molecule has 13 heteroatoms. The fourth-order valence-corrected chi connectivity index (χ4v) is 6.05. The Kier molecular flexibility index (Phi) is 8.51. The molecule has 0 aliphatic carbocycles. The summed E-state index contributed by atoms with van der Waals surface area (Å²) >= 11 is 17.6. The van der Waals surface area contributed by atoms with Crippen molar-refractivity contribution in [2.24, 2.45) is 0 Å². The van der Waals surface area contributed by atoms with Crippen molar-refractivity contribution in [3.63, 3.8) is 0 Å². The standard InChI is InChI=1S/C23H24Cl3F2N3O4S/c24-17-2-1-16(11-18(17)25)35-15-5-9-30(10-6-15)14-3-7-31(8-4-14)23(32)29-36(33,34)22-12-19(26)20(27)13-21(22)28/h1-2,11-15H,3-10H2,(H,29,32). The van der Waals surface area contributed by atoms with E-state index in [0.29, 0.717) is 53.9 Å². The van der Waals surface area contributed by atoms with E-state index in [0.717, 1.165) is 25.9 Å². The third-order valence-electron chi connectivity index (χ3n) is 6.42. The third-order valence-corrected chi connectivity index (χ3v) is 8.79. The van der Waals surface area contributed by atoms with E-state index in [4.69, 9.17) is 39.5 Å². The number of nitrogens with one attached hydrogen (secondary N) is 1. The molecule has 196 valence electrons. The van der Waals surface area contributed by atoms with Crippen LogP contribution < -0.4 is 9.46 Å². The highest BCUT2D eigenvalue weighted by Crippen LogP contribution is 2.29. The zero-order valence-corrected chi connectivity index (χ0v) is 22.1. The second-order valence-electron chi connectivity index (χ2n) is 8.75. The lowest BCUT2D eigenvalue weighted by Gasteiger charge is -2.41. The molecule has 2 aliphatic rings. The van der Waals surface area contributed by atoms with Crippen LogP contribution in [0.5, 0.6) is 5.75 Å². The van der Waals surface area contributed by atoms with Gasteiger partial charge in [-0.1, -0.05) is 34.8 Å². The van der Waals surface area contributed by atoms with Crippen LogP contribution >= 0.6 is 34.8 Å². The molecule has 0 atom stereocenters. The molecule has 0 spiro atoms. The normalized spacial score (nSPS) is 18.3. The van der Waals surface area contributed by atoms with Gasteiger partial charge >= 0.3 is 6.03 Å². The van der Waals surface area contributed by atoms with Crippen LogP contribution in [-0.4, -0.2) is 62.6 Å². The Hall–Kier alpha value is -1.85. The van der Waals surface area contributed by atoms with E-state index in [9.17, 15) is 22.0 Å². The Bertz CT molecular complexity index is 1240. The fraction of sp³-hybridized carbons (Fsp3) is 0.435. The Morgan fingerprint density at radius 2 is 1.56 bits per heavy atom.